The van der Waals surface area contributed by atoms with Crippen LogP contribution in [0, 0.1) is 0 Å². The van der Waals surface area contributed by atoms with E-state index in [-0.39, 0.29) is 16.9 Å². The molecule has 0 aliphatic rings. The summed E-state index contributed by atoms with van der Waals surface area (Å²) in [6.07, 6.45) is 1.53. The van der Waals surface area contributed by atoms with Crippen molar-refractivity contribution in [3.8, 4) is 5.75 Å². The molecule has 26 heavy (non-hydrogen) atoms. The average Bonchev–Trinajstić information content (AvgIpc) is 2.67. The van der Waals surface area contributed by atoms with E-state index in [1.807, 2.05) is 18.2 Å². The van der Waals surface area contributed by atoms with Crippen molar-refractivity contribution < 1.29 is 14.7 Å². The first kappa shape index (κ1) is 17.6. The maximum absolute atomic E-state index is 13.0. The van der Waals surface area contributed by atoms with Crippen molar-refractivity contribution in [3.05, 3.63) is 106 Å². The molecular formula is C22H15ClO3. The highest BCUT2D eigenvalue weighted by atomic mass is 35.5. The summed E-state index contributed by atoms with van der Waals surface area (Å²) < 4.78 is 0. The van der Waals surface area contributed by atoms with E-state index < -0.39 is 11.6 Å². The number of carbonyl (C=O) groups is 2. The van der Waals surface area contributed by atoms with Crippen molar-refractivity contribution in [1.29, 1.82) is 0 Å². The van der Waals surface area contributed by atoms with Crippen molar-refractivity contribution in [3.63, 3.8) is 0 Å². The molecule has 4 heteroatoms. The number of phenolic OH excluding ortho intramolecular Hbond substituents is 1. The van der Waals surface area contributed by atoms with Gasteiger partial charge in [0.05, 0.1) is 11.1 Å². The van der Waals surface area contributed by atoms with Crippen LogP contribution in [0.1, 0.15) is 26.3 Å². The normalized spacial score (nSPS) is 11.2. The molecule has 3 aromatic rings. The van der Waals surface area contributed by atoms with Gasteiger partial charge in [-0.15, -0.1) is 0 Å². The molecule has 3 aromatic carbocycles. The first-order valence-electron chi connectivity index (χ1n) is 7.96. The fourth-order valence-electron chi connectivity index (χ4n) is 2.52. The van der Waals surface area contributed by atoms with Gasteiger partial charge in [0.25, 0.3) is 0 Å². The molecule has 0 saturated carbocycles. The third-order valence-corrected chi connectivity index (χ3v) is 4.11. The molecule has 1 N–H and O–H groups in total. The standard InChI is InChI=1S/C22H15ClO3/c23-17-12-10-16(11-13-17)21(25)19(14-15-6-2-1-3-7-15)22(26)18-8-4-5-9-20(18)24/h1-14,24H/b19-14+. The maximum atomic E-state index is 13.0. The number of halogens is 1. The molecule has 3 nitrogen and oxygen atoms in total. The number of Topliss-reactive ketones (excluding diaryl/α,β-unsaturated/α-hetero) is 2. The van der Waals surface area contributed by atoms with Crippen LogP contribution in [0.25, 0.3) is 6.08 Å². The first-order valence-corrected chi connectivity index (χ1v) is 8.34. The summed E-state index contributed by atoms with van der Waals surface area (Å²) in [6, 6.07) is 21.6. The van der Waals surface area contributed by atoms with Gasteiger partial charge in [-0.3, -0.25) is 9.59 Å². The van der Waals surface area contributed by atoms with E-state index >= 15 is 0 Å². The van der Waals surface area contributed by atoms with Crippen molar-refractivity contribution in [1.82, 2.24) is 0 Å². The van der Waals surface area contributed by atoms with Gasteiger partial charge in [0.1, 0.15) is 5.75 Å². The third-order valence-electron chi connectivity index (χ3n) is 3.85. The summed E-state index contributed by atoms with van der Waals surface area (Å²) in [4.78, 5) is 25.9. The quantitative estimate of drug-likeness (QED) is 0.294. The highest BCUT2D eigenvalue weighted by Gasteiger charge is 2.23. The highest BCUT2D eigenvalue weighted by molar-refractivity contribution is 6.34. The Bertz CT molecular complexity index is 974. The summed E-state index contributed by atoms with van der Waals surface area (Å²) >= 11 is 5.88. The van der Waals surface area contributed by atoms with Crippen LogP contribution in [0.3, 0.4) is 0 Å². The van der Waals surface area contributed by atoms with Crippen LogP contribution in [0.15, 0.2) is 84.4 Å². The zero-order chi connectivity index (χ0) is 18.5. The monoisotopic (exact) mass is 362 g/mol. The van der Waals surface area contributed by atoms with Crippen LogP contribution in [0.5, 0.6) is 5.75 Å². The van der Waals surface area contributed by atoms with E-state index in [0.717, 1.165) is 0 Å². The molecule has 0 radical (unpaired) electrons. The molecule has 0 aliphatic heterocycles. The zero-order valence-electron chi connectivity index (χ0n) is 13.7. The number of hydrogen-bond acceptors (Lipinski definition) is 3. The fraction of sp³-hybridized carbons (Fsp3) is 0. The Kier molecular flexibility index (Phi) is 5.30. The summed E-state index contributed by atoms with van der Waals surface area (Å²) in [7, 11) is 0. The lowest BCUT2D eigenvalue weighted by Crippen LogP contribution is -2.14. The smallest absolute Gasteiger partial charge is 0.200 e. The number of ketones is 2. The molecule has 0 unspecified atom stereocenters. The summed E-state index contributed by atoms with van der Waals surface area (Å²) in [5.74, 6) is -1.13. The lowest BCUT2D eigenvalue weighted by atomic mass is 9.93. The van der Waals surface area contributed by atoms with Crippen LogP contribution >= 0.6 is 11.6 Å². The predicted octanol–water partition coefficient (Wildman–Crippen LogP) is 5.19. The van der Waals surface area contributed by atoms with Gasteiger partial charge in [0, 0.05) is 10.6 Å². The second-order valence-corrected chi connectivity index (χ2v) is 6.09. The van der Waals surface area contributed by atoms with Gasteiger partial charge < -0.3 is 5.11 Å². The zero-order valence-corrected chi connectivity index (χ0v) is 14.5. The van der Waals surface area contributed by atoms with E-state index in [2.05, 4.69) is 0 Å². The Labute approximate surface area is 156 Å². The molecule has 0 atom stereocenters. The van der Waals surface area contributed by atoms with Crippen LogP contribution < -0.4 is 0 Å². The topological polar surface area (TPSA) is 54.4 Å². The summed E-state index contributed by atoms with van der Waals surface area (Å²) in [5.41, 5.74) is 1.12. The van der Waals surface area contributed by atoms with Crippen molar-refractivity contribution in [2.45, 2.75) is 0 Å². The number of carbonyl (C=O) groups excluding carboxylic acids is 2. The SMILES string of the molecule is O=C(/C(=C\c1ccccc1)C(=O)c1ccccc1O)c1ccc(Cl)cc1. The number of para-hydroxylation sites is 1. The number of benzene rings is 3. The van der Waals surface area contributed by atoms with Crippen molar-refractivity contribution in [2.24, 2.45) is 0 Å². The van der Waals surface area contributed by atoms with E-state index in [9.17, 15) is 14.7 Å². The summed E-state index contributed by atoms with van der Waals surface area (Å²) in [5, 5.41) is 10.5. The highest BCUT2D eigenvalue weighted by Crippen LogP contribution is 2.24. The molecule has 0 saturated heterocycles. The minimum atomic E-state index is -0.535. The third kappa shape index (κ3) is 3.90. The molecule has 0 fully saturated rings. The van der Waals surface area contributed by atoms with Gasteiger partial charge in [-0.05, 0) is 48.0 Å². The van der Waals surface area contributed by atoms with Crippen molar-refractivity contribution in [2.75, 3.05) is 0 Å². The van der Waals surface area contributed by atoms with Gasteiger partial charge in [-0.25, -0.2) is 0 Å². The lowest BCUT2D eigenvalue weighted by Gasteiger charge is -2.08. The molecule has 0 bridgehead atoms. The minimum absolute atomic E-state index is 0.0278. The number of aromatic hydroxyl groups is 1. The summed E-state index contributed by atoms with van der Waals surface area (Å²) in [6.45, 7) is 0. The van der Waals surface area contributed by atoms with Gasteiger partial charge in [0.2, 0.25) is 5.78 Å². The van der Waals surface area contributed by atoms with Gasteiger partial charge in [-0.1, -0.05) is 54.1 Å². The van der Waals surface area contributed by atoms with Crippen LogP contribution in [0.2, 0.25) is 5.02 Å². The van der Waals surface area contributed by atoms with Crippen LogP contribution in [-0.2, 0) is 0 Å². The van der Waals surface area contributed by atoms with Gasteiger partial charge in [0.15, 0.2) is 5.78 Å². The number of hydrogen-bond donors (Lipinski definition) is 1. The average molecular weight is 363 g/mol. The second kappa shape index (κ2) is 7.81. The van der Waals surface area contributed by atoms with Crippen LogP contribution in [-0.4, -0.2) is 16.7 Å². The van der Waals surface area contributed by atoms with Crippen LogP contribution in [0.4, 0.5) is 0 Å². The molecule has 0 amide bonds. The Morgan fingerprint density at radius 2 is 1.38 bits per heavy atom. The van der Waals surface area contributed by atoms with E-state index in [1.165, 1.54) is 18.2 Å². The Morgan fingerprint density at radius 1 is 0.769 bits per heavy atom. The van der Waals surface area contributed by atoms with E-state index in [0.29, 0.717) is 16.1 Å². The van der Waals surface area contributed by atoms with E-state index in [4.69, 9.17) is 11.6 Å². The molecule has 0 aliphatic carbocycles. The fourth-order valence-corrected chi connectivity index (χ4v) is 2.64. The maximum Gasteiger partial charge on any atom is 0.200 e. The molecule has 0 aromatic heterocycles. The molecular weight excluding hydrogens is 348 g/mol. The van der Waals surface area contributed by atoms with Gasteiger partial charge >= 0.3 is 0 Å². The molecule has 128 valence electrons. The molecule has 0 spiro atoms. The van der Waals surface area contributed by atoms with Crippen molar-refractivity contribution >= 4 is 29.2 Å². The number of phenols is 1. The second-order valence-electron chi connectivity index (χ2n) is 5.65. The lowest BCUT2D eigenvalue weighted by molar-refractivity contribution is 0.0963. The Hall–Kier alpha value is -3.17. The largest absolute Gasteiger partial charge is 0.507 e. The number of allylic oxidation sites excluding steroid dienone is 1. The molecule has 0 heterocycles. The predicted molar refractivity (Wildman–Crippen MR) is 103 cm³/mol. The minimum Gasteiger partial charge on any atom is -0.507 e. The Balaban J connectivity index is 2.09. The Morgan fingerprint density at radius 3 is 2.04 bits per heavy atom. The molecule has 3 rings (SSSR count). The van der Waals surface area contributed by atoms with E-state index in [1.54, 1.807) is 48.5 Å². The first-order chi connectivity index (χ1) is 12.6. The van der Waals surface area contributed by atoms with Gasteiger partial charge in [-0.2, -0.15) is 0 Å². The number of rotatable bonds is 5.